The van der Waals surface area contributed by atoms with Crippen molar-refractivity contribution in [2.75, 3.05) is 25.5 Å². The quantitative estimate of drug-likeness (QED) is 0.764. The van der Waals surface area contributed by atoms with Crippen molar-refractivity contribution in [3.8, 4) is 0 Å². The van der Waals surface area contributed by atoms with Gasteiger partial charge in [-0.15, -0.1) is 0 Å². The molecule has 0 aliphatic heterocycles. The highest BCUT2D eigenvalue weighted by atomic mass is 35.5. The molecule has 2 amide bonds. The predicted molar refractivity (Wildman–Crippen MR) is 110 cm³/mol. The highest BCUT2D eigenvalue weighted by Crippen LogP contribution is 2.21. The van der Waals surface area contributed by atoms with Crippen LogP contribution < -0.4 is 10.6 Å². The summed E-state index contributed by atoms with van der Waals surface area (Å²) in [5, 5.41) is 6.21. The van der Waals surface area contributed by atoms with Crippen molar-refractivity contribution >= 4 is 29.1 Å². The number of aryl methyl sites for hydroxylation is 3. The summed E-state index contributed by atoms with van der Waals surface area (Å²) in [6.07, 6.45) is 0. The standard InChI is InChI=1S/C21H26ClN3O2/c1-14-8-15(2)21(16(3)9-14)24-19(26)11-23-20(27)13-25(4)12-17-6-5-7-18(22)10-17/h5-10H,11-13H2,1-4H3,(H,23,27)(H,24,26). The summed E-state index contributed by atoms with van der Waals surface area (Å²) in [6.45, 7) is 6.67. The van der Waals surface area contributed by atoms with E-state index >= 15 is 0 Å². The van der Waals surface area contributed by atoms with Crippen molar-refractivity contribution in [3.05, 3.63) is 63.7 Å². The molecule has 2 aromatic rings. The molecule has 0 aliphatic rings. The first-order valence-electron chi connectivity index (χ1n) is 8.82. The summed E-state index contributed by atoms with van der Waals surface area (Å²) in [4.78, 5) is 26.1. The zero-order chi connectivity index (χ0) is 20.0. The Balaban J connectivity index is 1.80. The molecule has 0 atom stereocenters. The number of amides is 2. The summed E-state index contributed by atoms with van der Waals surface area (Å²) >= 11 is 5.97. The smallest absolute Gasteiger partial charge is 0.243 e. The zero-order valence-electron chi connectivity index (χ0n) is 16.2. The van der Waals surface area contributed by atoms with Crippen LogP contribution in [-0.4, -0.2) is 36.9 Å². The second-order valence-corrected chi connectivity index (χ2v) is 7.34. The number of rotatable bonds is 7. The van der Waals surface area contributed by atoms with Gasteiger partial charge in [0.25, 0.3) is 0 Å². The molecule has 2 N–H and O–H groups in total. The number of likely N-dealkylation sites (N-methyl/N-ethyl adjacent to an activating group) is 1. The molecule has 0 unspecified atom stereocenters. The van der Waals surface area contributed by atoms with E-state index in [9.17, 15) is 9.59 Å². The van der Waals surface area contributed by atoms with Crippen LogP contribution in [0.2, 0.25) is 5.02 Å². The van der Waals surface area contributed by atoms with Crippen molar-refractivity contribution in [2.24, 2.45) is 0 Å². The van der Waals surface area contributed by atoms with E-state index in [2.05, 4.69) is 10.6 Å². The normalized spacial score (nSPS) is 10.7. The number of carbonyl (C=O) groups excluding carboxylic acids is 2. The summed E-state index contributed by atoms with van der Waals surface area (Å²) < 4.78 is 0. The molecule has 0 spiro atoms. The van der Waals surface area contributed by atoms with Crippen molar-refractivity contribution in [2.45, 2.75) is 27.3 Å². The molecule has 2 aromatic carbocycles. The Kier molecular flexibility index (Phi) is 7.39. The van der Waals surface area contributed by atoms with Gasteiger partial charge in [-0.25, -0.2) is 0 Å². The van der Waals surface area contributed by atoms with E-state index < -0.39 is 0 Å². The van der Waals surface area contributed by atoms with Crippen molar-refractivity contribution in [3.63, 3.8) is 0 Å². The lowest BCUT2D eigenvalue weighted by atomic mass is 10.1. The van der Waals surface area contributed by atoms with Gasteiger partial charge in [-0.1, -0.05) is 41.4 Å². The van der Waals surface area contributed by atoms with Crippen LogP contribution in [0.25, 0.3) is 0 Å². The number of hydrogen-bond donors (Lipinski definition) is 2. The van der Waals surface area contributed by atoms with Gasteiger partial charge in [0.05, 0.1) is 13.1 Å². The summed E-state index contributed by atoms with van der Waals surface area (Å²) in [7, 11) is 1.85. The zero-order valence-corrected chi connectivity index (χ0v) is 17.0. The molecule has 0 heterocycles. The third-order valence-electron chi connectivity index (χ3n) is 4.14. The van der Waals surface area contributed by atoms with Crippen LogP contribution in [0, 0.1) is 20.8 Å². The topological polar surface area (TPSA) is 61.4 Å². The largest absolute Gasteiger partial charge is 0.346 e. The van der Waals surface area contributed by atoms with Gasteiger partial charge < -0.3 is 10.6 Å². The molecular weight excluding hydrogens is 362 g/mol. The van der Waals surface area contributed by atoms with Crippen LogP contribution in [0.4, 0.5) is 5.69 Å². The molecule has 0 fully saturated rings. The highest BCUT2D eigenvalue weighted by Gasteiger charge is 2.11. The van der Waals surface area contributed by atoms with Gasteiger partial charge in [-0.3, -0.25) is 14.5 Å². The first-order valence-corrected chi connectivity index (χ1v) is 9.20. The predicted octanol–water partition coefficient (Wildman–Crippen LogP) is 3.45. The van der Waals surface area contributed by atoms with E-state index in [1.54, 1.807) is 0 Å². The minimum atomic E-state index is -0.240. The van der Waals surface area contributed by atoms with Crippen LogP contribution in [0.3, 0.4) is 0 Å². The van der Waals surface area contributed by atoms with Gasteiger partial charge in [0.2, 0.25) is 11.8 Å². The minimum absolute atomic E-state index is 0.0589. The molecule has 0 saturated carbocycles. The summed E-state index contributed by atoms with van der Waals surface area (Å²) in [5.74, 6) is -0.442. The number of hydrogen-bond acceptors (Lipinski definition) is 3. The van der Waals surface area contributed by atoms with Gasteiger partial charge in [0.15, 0.2) is 0 Å². The van der Waals surface area contributed by atoms with Crippen molar-refractivity contribution in [1.29, 1.82) is 0 Å². The van der Waals surface area contributed by atoms with Crippen LogP contribution in [0.15, 0.2) is 36.4 Å². The Hall–Kier alpha value is -2.37. The maximum absolute atomic E-state index is 12.2. The molecule has 144 valence electrons. The first kappa shape index (κ1) is 20.9. The SMILES string of the molecule is Cc1cc(C)c(NC(=O)CNC(=O)CN(C)Cc2cccc(Cl)c2)c(C)c1. The Labute approximate surface area is 165 Å². The molecular formula is C21H26ClN3O2. The second-order valence-electron chi connectivity index (χ2n) is 6.90. The molecule has 2 rings (SSSR count). The van der Waals surface area contributed by atoms with Crippen LogP contribution in [0.1, 0.15) is 22.3 Å². The number of nitrogens with one attached hydrogen (secondary N) is 2. The van der Waals surface area contributed by atoms with E-state index in [4.69, 9.17) is 11.6 Å². The molecule has 5 nitrogen and oxygen atoms in total. The van der Waals surface area contributed by atoms with E-state index in [1.807, 2.05) is 69.1 Å². The molecule has 6 heteroatoms. The molecule has 0 radical (unpaired) electrons. The van der Waals surface area contributed by atoms with Crippen LogP contribution >= 0.6 is 11.6 Å². The first-order chi connectivity index (χ1) is 12.7. The van der Waals surface area contributed by atoms with E-state index in [1.165, 1.54) is 0 Å². The Bertz CT molecular complexity index is 813. The Morgan fingerprint density at radius 3 is 2.33 bits per heavy atom. The third-order valence-corrected chi connectivity index (χ3v) is 4.38. The van der Waals surface area contributed by atoms with Gasteiger partial charge in [0, 0.05) is 17.3 Å². The maximum Gasteiger partial charge on any atom is 0.243 e. The lowest BCUT2D eigenvalue weighted by molar-refractivity contribution is -0.124. The number of anilines is 1. The average molecular weight is 388 g/mol. The molecule has 0 aromatic heterocycles. The van der Waals surface area contributed by atoms with Crippen LogP contribution in [-0.2, 0) is 16.1 Å². The summed E-state index contributed by atoms with van der Waals surface area (Å²) in [5.41, 5.74) is 5.00. The fraction of sp³-hybridized carbons (Fsp3) is 0.333. The molecule has 0 bridgehead atoms. The molecule has 0 saturated heterocycles. The van der Waals surface area contributed by atoms with E-state index in [-0.39, 0.29) is 24.9 Å². The van der Waals surface area contributed by atoms with Gasteiger partial charge in [0.1, 0.15) is 0 Å². The van der Waals surface area contributed by atoms with Crippen molar-refractivity contribution < 1.29 is 9.59 Å². The summed E-state index contributed by atoms with van der Waals surface area (Å²) in [6, 6.07) is 11.6. The number of halogens is 1. The fourth-order valence-electron chi connectivity index (χ4n) is 3.04. The minimum Gasteiger partial charge on any atom is -0.346 e. The van der Waals surface area contributed by atoms with Crippen molar-refractivity contribution in [1.82, 2.24) is 10.2 Å². The van der Waals surface area contributed by atoms with E-state index in [0.29, 0.717) is 11.6 Å². The lowest BCUT2D eigenvalue weighted by Crippen LogP contribution is -2.39. The van der Waals surface area contributed by atoms with Gasteiger partial charge in [-0.05, 0) is 56.6 Å². The highest BCUT2D eigenvalue weighted by molar-refractivity contribution is 6.30. The number of carbonyl (C=O) groups is 2. The lowest BCUT2D eigenvalue weighted by Gasteiger charge is -2.17. The Morgan fingerprint density at radius 2 is 1.70 bits per heavy atom. The van der Waals surface area contributed by atoms with Gasteiger partial charge in [-0.2, -0.15) is 0 Å². The average Bonchev–Trinajstić information content (AvgIpc) is 2.56. The second kappa shape index (κ2) is 9.53. The maximum atomic E-state index is 12.2. The van der Waals surface area contributed by atoms with E-state index in [0.717, 1.165) is 27.9 Å². The Morgan fingerprint density at radius 1 is 1.04 bits per heavy atom. The molecule has 0 aliphatic carbocycles. The van der Waals surface area contributed by atoms with Gasteiger partial charge >= 0.3 is 0 Å². The monoisotopic (exact) mass is 387 g/mol. The number of benzene rings is 2. The third kappa shape index (κ3) is 6.70. The fourth-order valence-corrected chi connectivity index (χ4v) is 3.26. The number of nitrogens with zero attached hydrogens (tertiary/aromatic N) is 1. The van der Waals surface area contributed by atoms with Crippen LogP contribution in [0.5, 0.6) is 0 Å². The molecule has 27 heavy (non-hydrogen) atoms.